The summed E-state index contributed by atoms with van der Waals surface area (Å²) in [7, 11) is 0. The average molecular weight is 551 g/mol. The summed E-state index contributed by atoms with van der Waals surface area (Å²) in [5.74, 6) is -0.415. The van der Waals surface area contributed by atoms with Crippen molar-refractivity contribution in [1.82, 2.24) is 20.0 Å². The lowest BCUT2D eigenvalue weighted by Gasteiger charge is -2.24. The minimum Gasteiger partial charge on any atom is -0.272 e. The molecule has 0 spiro atoms. The van der Waals surface area contributed by atoms with Crippen molar-refractivity contribution >= 4 is 34.5 Å². The number of aromatic nitrogens is 2. The third-order valence-electron chi connectivity index (χ3n) is 6.72. The zero-order valence-corrected chi connectivity index (χ0v) is 22.2. The molecule has 1 unspecified atom stereocenters. The SMILES string of the molecule is Cc1ccc(-c2nc3ccccc3c(=O)n2-c2ccc(C(=O)NN3C(=O)CSC3c3ccc(F)cc3)cc2)cc1. The van der Waals surface area contributed by atoms with E-state index in [0.717, 1.165) is 11.1 Å². The zero-order valence-electron chi connectivity index (χ0n) is 21.4. The molecule has 0 radical (unpaired) electrons. The first kappa shape index (κ1) is 25.5. The van der Waals surface area contributed by atoms with Crippen LogP contribution in [0.4, 0.5) is 4.39 Å². The number of para-hydroxylation sites is 1. The fourth-order valence-corrected chi connectivity index (χ4v) is 5.73. The molecule has 1 aliphatic rings. The summed E-state index contributed by atoms with van der Waals surface area (Å²) in [6, 6.07) is 27.4. The Morgan fingerprint density at radius 1 is 0.925 bits per heavy atom. The summed E-state index contributed by atoms with van der Waals surface area (Å²) in [6.07, 6.45) is 0. The second-order valence-electron chi connectivity index (χ2n) is 9.43. The number of amides is 2. The zero-order chi connectivity index (χ0) is 27.8. The van der Waals surface area contributed by atoms with Crippen molar-refractivity contribution < 1.29 is 14.0 Å². The van der Waals surface area contributed by atoms with Gasteiger partial charge in [-0.1, -0.05) is 54.1 Å². The van der Waals surface area contributed by atoms with Crippen molar-refractivity contribution in [2.75, 3.05) is 5.75 Å². The Kier molecular flexibility index (Phi) is 6.65. The van der Waals surface area contributed by atoms with Gasteiger partial charge in [0.15, 0.2) is 0 Å². The smallest absolute Gasteiger partial charge is 0.269 e. The Labute approximate surface area is 233 Å². The Morgan fingerprint density at radius 2 is 1.62 bits per heavy atom. The molecule has 1 aliphatic heterocycles. The number of hydrogen-bond donors (Lipinski definition) is 1. The molecule has 1 atom stereocenters. The highest BCUT2D eigenvalue weighted by atomic mass is 32.2. The number of aryl methyl sites for hydroxylation is 1. The largest absolute Gasteiger partial charge is 0.272 e. The van der Waals surface area contributed by atoms with Crippen LogP contribution in [0.2, 0.25) is 0 Å². The number of thioether (sulfide) groups is 1. The van der Waals surface area contributed by atoms with E-state index < -0.39 is 11.3 Å². The summed E-state index contributed by atoms with van der Waals surface area (Å²) in [5, 5.41) is 1.30. The fraction of sp³-hybridized carbons (Fsp3) is 0.0968. The number of benzene rings is 4. The van der Waals surface area contributed by atoms with Gasteiger partial charge in [0.25, 0.3) is 17.4 Å². The number of carbonyl (C=O) groups excluding carboxylic acids is 2. The van der Waals surface area contributed by atoms with Crippen molar-refractivity contribution in [1.29, 1.82) is 0 Å². The van der Waals surface area contributed by atoms with Gasteiger partial charge in [0, 0.05) is 11.1 Å². The van der Waals surface area contributed by atoms with E-state index in [9.17, 15) is 18.8 Å². The van der Waals surface area contributed by atoms with Crippen LogP contribution >= 0.6 is 11.8 Å². The van der Waals surface area contributed by atoms with E-state index in [2.05, 4.69) is 5.43 Å². The molecule has 1 saturated heterocycles. The van der Waals surface area contributed by atoms with E-state index in [4.69, 9.17) is 4.98 Å². The summed E-state index contributed by atoms with van der Waals surface area (Å²) in [4.78, 5) is 44.1. The molecule has 5 aromatic rings. The molecule has 1 fully saturated rings. The highest BCUT2D eigenvalue weighted by molar-refractivity contribution is 8.00. The normalized spacial score (nSPS) is 15.0. The van der Waals surface area contributed by atoms with E-state index in [1.165, 1.54) is 28.9 Å². The number of nitrogens with zero attached hydrogens (tertiary/aromatic N) is 3. The van der Waals surface area contributed by atoms with Crippen molar-refractivity contribution in [2.24, 2.45) is 0 Å². The van der Waals surface area contributed by atoms with Gasteiger partial charge in [0.1, 0.15) is 17.0 Å². The Bertz CT molecular complexity index is 1800. The van der Waals surface area contributed by atoms with Crippen LogP contribution in [0.5, 0.6) is 0 Å². The van der Waals surface area contributed by atoms with Crippen LogP contribution in [-0.2, 0) is 4.79 Å². The maximum absolute atomic E-state index is 13.6. The molecule has 2 amide bonds. The molecular weight excluding hydrogens is 527 g/mol. The van der Waals surface area contributed by atoms with Gasteiger partial charge in [-0.15, -0.1) is 11.8 Å². The number of fused-ring (bicyclic) bond motifs is 1. The first-order valence-electron chi connectivity index (χ1n) is 12.6. The lowest BCUT2D eigenvalue weighted by molar-refractivity contribution is -0.130. The first-order valence-corrected chi connectivity index (χ1v) is 13.6. The Morgan fingerprint density at radius 3 is 2.35 bits per heavy atom. The van der Waals surface area contributed by atoms with Crippen LogP contribution in [-0.4, -0.2) is 32.1 Å². The number of hydrogen-bond acceptors (Lipinski definition) is 5. The highest BCUT2D eigenvalue weighted by Crippen LogP contribution is 2.37. The number of nitrogens with one attached hydrogen (secondary N) is 1. The van der Waals surface area contributed by atoms with Crippen LogP contribution in [0, 0.1) is 12.7 Å². The second kappa shape index (κ2) is 10.4. The molecule has 0 saturated carbocycles. The lowest BCUT2D eigenvalue weighted by Crippen LogP contribution is -2.44. The number of rotatable bonds is 5. The van der Waals surface area contributed by atoms with E-state index >= 15 is 0 Å². The van der Waals surface area contributed by atoms with Crippen LogP contribution in [0.15, 0.2) is 102 Å². The highest BCUT2D eigenvalue weighted by Gasteiger charge is 2.34. The molecule has 6 rings (SSSR count). The van der Waals surface area contributed by atoms with E-state index in [1.54, 1.807) is 53.1 Å². The van der Waals surface area contributed by atoms with Crippen molar-refractivity contribution in [3.63, 3.8) is 0 Å². The molecule has 9 heteroatoms. The van der Waals surface area contributed by atoms with Gasteiger partial charge in [0.05, 0.1) is 22.3 Å². The van der Waals surface area contributed by atoms with Gasteiger partial charge in [-0.25, -0.2) is 14.4 Å². The molecule has 7 nitrogen and oxygen atoms in total. The van der Waals surface area contributed by atoms with Gasteiger partial charge in [-0.05, 0) is 61.0 Å². The van der Waals surface area contributed by atoms with Gasteiger partial charge in [-0.2, -0.15) is 0 Å². The first-order chi connectivity index (χ1) is 19.4. The molecule has 0 aliphatic carbocycles. The predicted molar refractivity (Wildman–Crippen MR) is 153 cm³/mol. The molecule has 0 bridgehead atoms. The molecule has 198 valence electrons. The van der Waals surface area contributed by atoms with Gasteiger partial charge in [0.2, 0.25) is 0 Å². The predicted octanol–water partition coefficient (Wildman–Crippen LogP) is 5.42. The quantitative estimate of drug-likeness (QED) is 0.316. The fourth-order valence-electron chi connectivity index (χ4n) is 4.62. The van der Waals surface area contributed by atoms with Crippen molar-refractivity contribution in [3.8, 4) is 17.1 Å². The maximum atomic E-state index is 13.6. The van der Waals surface area contributed by atoms with Crippen LogP contribution in [0.1, 0.15) is 26.9 Å². The summed E-state index contributed by atoms with van der Waals surface area (Å²) < 4.78 is 14.9. The number of hydrazine groups is 1. The number of carbonyl (C=O) groups is 2. The standard InChI is InChI=1S/C31H23FN4O3S/c1-19-6-8-20(9-7-19)28-33-26-5-3-2-4-25(26)30(39)35(28)24-16-12-21(13-17-24)29(38)34-36-27(37)18-40-31(36)22-10-14-23(32)15-11-22/h2-17,31H,18H2,1H3,(H,34,38). The third-order valence-corrected chi connectivity index (χ3v) is 7.93. The molecule has 4 aromatic carbocycles. The number of halogens is 1. The molecule has 1 N–H and O–H groups in total. The van der Waals surface area contributed by atoms with Crippen LogP contribution in [0.25, 0.3) is 28.0 Å². The van der Waals surface area contributed by atoms with Crippen molar-refractivity contribution in [2.45, 2.75) is 12.3 Å². The summed E-state index contributed by atoms with van der Waals surface area (Å²) in [5.41, 5.74) is 6.51. The molecular formula is C31H23FN4O3S. The minimum absolute atomic E-state index is 0.195. The van der Waals surface area contributed by atoms with Crippen LogP contribution in [0.3, 0.4) is 0 Å². The second-order valence-corrected chi connectivity index (χ2v) is 10.5. The Balaban J connectivity index is 1.33. The monoisotopic (exact) mass is 550 g/mol. The third kappa shape index (κ3) is 4.76. The van der Waals surface area contributed by atoms with E-state index in [1.807, 2.05) is 43.3 Å². The minimum atomic E-state index is -0.475. The van der Waals surface area contributed by atoms with E-state index in [0.29, 0.717) is 33.5 Å². The molecule has 1 aromatic heterocycles. The van der Waals surface area contributed by atoms with Gasteiger partial charge in [-0.3, -0.25) is 24.4 Å². The summed E-state index contributed by atoms with van der Waals surface area (Å²) in [6.45, 7) is 1.99. The Hall–Kier alpha value is -4.76. The van der Waals surface area contributed by atoms with E-state index in [-0.39, 0.29) is 23.0 Å². The topological polar surface area (TPSA) is 84.3 Å². The maximum Gasteiger partial charge on any atom is 0.269 e. The average Bonchev–Trinajstić information content (AvgIpc) is 3.33. The van der Waals surface area contributed by atoms with Crippen LogP contribution < -0.4 is 11.0 Å². The van der Waals surface area contributed by atoms with Gasteiger partial charge < -0.3 is 0 Å². The van der Waals surface area contributed by atoms with Crippen molar-refractivity contribution in [3.05, 3.63) is 130 Å². The lowest BCUT2D eigenvalue weighted by atomic mass is 10.1. The van der Waals surface area contributed by atoms with Gasteiger partial charge >= 0.3 is 0 Å². The summed E-state index contributed by atoms with van der Waals surface area (Å²) >= 11 is 1.35. The molecule has 40 heavy (non-hydrogen) atoms. The molecule has 2 heterocycles.